The summed E-state index contributed by atoms with van der Waals surface area (Å²) in [5.74, 6) is 0. The van der Waals surface area contributed by atoms with Gasteiger partial charge in [0.2, 0.25) is 0 Å². The van der Waals surface area contributed by atoms with E-state index in [4.69, 9.17) is 0 Å². The third-order valence-corrected chi connectivity index (χ3v) is 7.01. The van der Waals surface area contributed by atoms with E-state index in [-0.39, 0.29) is 0 Å². The first-order valence-electron chi connectivity index (χ1n) is 7.44. The van der Waals surface area contributed by atoms with Crippen molar-refractivity contribution in [2.24, 2.45) is 0 Å². The fourth-order valence-corrected chi connectivity index (χ4v) is 5.81. The highest BCUT2D eigenvalue weighted by atomic mass is 32.2. The second-order valence-corrected chi connectivity index (χ2v) is 7.71. The molecular formula is C20H16S2. The first-order valence-corrected chi connectivity index (χ1v) is 9.20. The van der Waals surface area contributed by atoms with Crippen LogP contribution in [0.4, 0.5) is 0 Å². The molecule has 1 aliphatic rings. The zero-order chi connectivity index (χ0) is 14.8. The predicted molar refractivity (Wildman–Crippen MR) is 96.5 cm³/mol. The van der Waals surface area contributed by atoms with Crippen molar-refractivity contribution >= 4 is 23.5 Å². The molecule has 3 aromatic rings. The maximum absolute atomic E-state index is 2.25. The summed E-state index contributed by atoms with van der Waals surface area (Å²) in [6.07, 6.45) is 0. The van der Waals surface area contributed by atoms with Gasteiger partial charge in [0.1, 0.15) is 0 Å². The van der Waals surface area contributed by atoms with Crippen LogP contribution in [0.25, 0.3) is 0 Å². The van der Waals surface area contributed by atoms with Gasteiger partial charge in [-0.05, 0) is 23.3 Å². The zero-order valence-corrected chi connectivity index (χ0v) is 13.7. The predicted octanol–water partition coefficient (Wildman–Crippen LogP) is 6.37. The fourth-order valence-electron chi connectivity index (χ4n) is 2.81. The minimum Gasteiger partial charge on any atom is -0.115 e. The van der Waals surface area contributed by atoms with Crippen molar-refractivity contribution in [2.75, 3.05) is 0 Å². The highest BCUT2D eigenvalue weighted by molar-refractivity contribution is 8.06. The van der Waals surface area contributed by atoms with Crippen LogP contribution in [-0.2, 0) is 0 Å². The van der Waals surface area contributed by atoms with Crippen molar-refractivity contribution in [1.82, 2.24) is 0 Å². The minimum absolute atomic E-state index is 0.448. The molecule has 108 valence electrons. The molecule has 0 radical (unpaired) electrons. The second kappa shape index (κ2) is 6.23. The molecule has 0 aliphatic carbocycles. The Morgan fingerprint density at radius 2 is 0.818 bits per heavy atom. The van der Waals surface area contributed by atoms with Crippen LogP contribution in [0.1, 0.15) is 21.6 Å². The van der Waals surface area contributed by atoms with E-state index in [1.54, 1.807) is 0 Å². The van der Waals surface area contributed by atoms with Crippen LogP contribution < -0.4 is 0 Å². The average Bonchev–Trinajstić information content (AvgIpc) is 2.62. The van der Waals surface area contributed by atoms with Gasteiger partial charge in [-0.15, -0.1) is 23.5 Å². The smallest absolute Gasteiger partial charge is 0.0508 e. The molecule has 0 fully saturated rings. The van der Waals surface area contributed by atoms with Crippen LogP contribution in [0.5, 0.6) is 0 Å². The van der Waals surface area contributed by atoms with E-state index in [1.807, 2.05) is 23.5 Å². The highest BCUT2D eigenvalue weighted by Crippen LogP contribution is 2.58. The van der Waals surface area contributed by atoms with E-state index in [2.05, 4.69) is 84.9 Å². The lowest BCUT2D eigenvalue weighted by atomic mass is 10.0. The molecule has 22 heavy (non-hydrogen) atoms. The summed E-state index contributed by atoms with van der Waals surface area (Å²) >= 11 is 3.98. The van der Waals surface area contributed by atoms with Gasteiger partial charge in [-0.1, -0.05) is 72.8 Å². The fraction of sp³-hybridized carbons (Fsp3) is 0.100. The van der Waals surface area contributed by atoms with E-state index >= 15 is 0 Å². The molecule has 0 aromatic heterocycles. The van der Waals surface area contributed by atoms with Gasteiger partial charge in [-0.3, -0.25) is 0 Å². The molecule has 0 saturated heterocycles. The van der Waals surface area contributed by atoms with Crippen molar-refractivity contribution in [3.05, 3.63) is 96.1 Å². The summed E-state index contributed by atoms with van der Waals surface area (Å²) in [7, 11) is 0. The number of hydrogen-bond acceptors (Lipinski definition) is 2. The topological polar surface area (TPSA) is 0 Å². The molecule has 0 spiro atoms. The molecule has 0 saturated carbocycles. The van der Waals surface area contributed by atoms with E-state index in [0.717, 1.165) is 0 Å². The first kappa shape index (κ1) is 14.0. The Bertz CT molecular complexity index is 686. The standard InChI is InChI=1S/C20H16S2/c1-3-9-15(10-4-1)19-20(16-11-5-2-6-12-16)22-18-14-8-7-13-17(18)21-19/h1-14,19-20H/t19-,20-/m1/s1. The third kappa shape index (κ3) is 2.69. The molecule has 2 atom stereocenters. The highest BCUT2D eigenvalue weighted by Gasteiger charge is 2.32. The Labute approximate surface area is 140 Å². The SMILES string of the molecule is c1ccc([C@H]2Sc3ccccc3S[C@@H]2c2ccccc2)cc1. The quantitative estimate of drug-likeness (QED) is 0.538. The van der Waals surface area contributed by atoms with Gasteiger partial charge in [0.05, 0.1) is 10.5 Å². The second-order valence-electron chi connectivity index (χ2n) is 5.35. The van der Waals surface area contributed by atoms with Crippen LogP contribution in [0.2, 0.25) is 0 Å². The van der Waals surface area contributed by atoms with E-state index < -0.39 is 0 Å². The molecule has 1 aliphatic heterocycles. The summed E-state index contributed by atoms with van der Waals surface area (Å²) in [5.41, 5.74) is 2.81. The largest absolute Gasteiger partial charge is 0.115 e. The molecule has 1 heterocycles. The zero-order valence-electron chi connectivity index (χ0n) is 12.1. The van der Waals surface area contributed by atoms with Gasteiger partial charge >= 0.3 is 0 Å². The molecular weight excluding hydrogens is 304 g/mol. The van der Waals surface area contributed by atoms with Crippen LogP contribution in [-0.4, -0.2) is 0 Å². The third-order valence-electron chi connectivity index (χ3n) is 3.89. The number of benzene rings is 3. The van der Waals surface area contributed by atoms with Crippen LogP contribution >= 0.6 is 23.5 Å². The van der Waals surface area contributed by atoms with E-state index in [9.17, 15) is 0 Å². The summed E-state index contributed by atoms with van der Waals surface area (Å²) < 4.78 is 0. The Kier molecular flexibility index (Phi) is 3.96. The van der Waals surface area contributed by atoms with Crippen molar-refractivity contribution < 1.29 is 0 Å². The number of rotatable bonds is 2. The molecule has 0 nitrogen and oxygen atoms in total. The van der Waals surface area contributed by atoms with Crippen LogP contribution in [0.3, 0.4) is 0 Å². The van der Waals surface area contributed by atoms with Crippen molar-refractivity contribution in [1.29, 1.82) is 0 Å². The van der Waals surface area contributed by atoms with Crippen LogP contribution in [0.15, 0.2) is 94.7 Å². The van der Waals surface area contributed by atoms with Gasteiger partial charge in [0.25, 0.3) is 0 Å². The summed E-state index contributed by atoms with van der Waals surface area (Å²) in [6, 6.07) is 30.5. The lowest BCUT2D eigenvalue weighted by Crippen LogP contribution is -2.09. The molecule has 3 aromatic carbocycles. The minimum atomic E-state index is 0.448. The Morgan fingerprint density at radius 1 is 0.455 bits per heavy atom. The van der Waals surface area contributed by atoms with Crippen molar-refractivity contribution in [3.8, 4) is 0 Å². The summed E-state index contributed by atoms with van der Waals surface area (Å²) in [5, 5.41) is 0.895. The average molecular weight is 320 g/mol. The van der Waals surface area contributed by atoms with E-state index in [0.29, 0.717) is 10.5 Å². The van der Waals surface area contributed by atoms with Gasteiger partial charge in [-0.25, -0.2) is 0 Å². The molecule has 2 heteroatoms. The normalized spacial score (nSPS) is 20.4. The lowest BCUT2D eigenvalue weighted by molar-refractivity contribution is 0.887. The van der Waals surface area contributed by atoms with Gasteiger partial charge in [0.15, 0.2) is 0 Å². The Balaban J connectivity index is 1.79. The van der Waals surface area contributed by atoms with Gasteiger partial charge in [0, 0.05) is 9.79 Å². The Morgan fingerprint density at radius 3 is 1.23 bits per heavy atom. The Hall–Kier alpha value is -1.64. The molecule has 0 unspecified atom stereocenters. The van der Waals surface area contributed by atoms with Gasteiger partial charge < -0.3 is 0 Å². The molecule has 0 bridgehead atoms. The summed E-state index contributed by atoms with van der Waals surface area (Å²) in [6.45, 7) is 0. The summed E-state index contributed by atoms with van der Waals surface area (Å²) in [4.78, 5) is 2.79. The lowest BCUT2D eigenvalue weighted by Gasteiger charge is -2.32. The molecule has 4 rings (SSSR count). The first-order chi connectivity index (χ1) is 10.9. The number of fused-ring (bicyclic) bond motifs is 1. The maximum atomic E-state index is 2.25. The molecule has 0 N–H and O–H groups in total. The maximum Gasteiger partial charge on any atom is 0.0508 e. The number of thioether (sulfide) groups is 2. The number of hydrogen-bond donors (Lipinski definition) is 0. The van der Waals surface area contributed by atoms with Gasteiger partial charge in [-0.2, -0.15) is 0 Å². The van der Waals surface area contributed by atoms with Crippen molar-refractivity contribution in [3.63, 3.8) is 0 Å². The van der Waals surface area contributed by atoms with Crippen LogP contribution in [0, 0.1) is 0 Å². The van der Waals surface area contributed by atoms with E-state index in [1.165, 1.54) is 20.9 Å². The van der Waals surface area contributed by atoms with Crippen molar-refractivity contribution in [2.45, 2.75) is 20.3 Å². The monoisotopic (exact) mass is 320 g/mol. The molecule has 0 amide bonds.